The predicted molar refractivity (Wildman–Crippen MR) is 52.3 cm³/mol. The smallest absolute Gasteiger partial charge is 0.479 e. The van der Waals surface area contributed by atoms with E-state index in [4.69, 9.17) is 15.9 Å². The van der Waals surface area contributed by atoms with Crippen LogP contribution in [-0.4, -0.2) is 27.7 Å². The van der Waals surface area contributed by atoms with Gasteiger partial charge >= 0.3 is 41.5 Å². The van der Waals surface area contributed by atoms with E-state index in [2.05, 4.69) is 0 Å². The van der Waals surface area contributed by atoms with Gasteiger partial charge in [-0.05, 0) is 5.56 Å². The third kappa shape index (κ3) is 3.31. The molecule has 0 aromatic heterocycles. The van der Waals surface area contributed by atoms with Gasteiger partial charge in [0.1, 0.15) is 0 Å². The minimum atomic E-state index is -2.26. The molecule has 5 nitrogen and oxygen atoms in total. The summed E-state index contributed by atoms with van der Waals surface area (Å²) in [4.78, 5) is 21.5. The number of nitrogens with two attached hydrogens (primary N) is 1. The molecule has 80 valence electrons. The van der Waals surface area contributed by atoms with Crippen LogP contribution in [0.3, 0.4) is 0 Å². The number of carbonyl (C=O) groups is 2. The molecule has 4 N–H and O–H groups in total. The van der Waals surface area contributed by atoms with Gasteiger partial charge < -0.3 is 15.9 Å². The van der Waals surface area contributed by atoms with Crippen LogP contribution in [0.15, 0.2) is 30.3 Å². The monoisotopic (exact) mass is 232 g/mol. The maximum absolute atomic E-state index is 10.8. The number of carboxylic acid groups (broad SMARTS) is 2. The van der Waals surface area contributed by atoms with E-state index >= 15 is 0 Å². The molecule has 0 saturated heterocycles. The van der Waals surface area contributed by atoms with Crippen LogP contribution in [0.2, 0.25) is 0 Å². The van der Waals surface area contributed by atoms with Gasteiger partial charge in [-0.3, -0.25) is 0 Å². The van der Waals surface area contributed by atoms with E-state index in [0.29, 0.717) is 5.56 Å². The Kier molecular flexibility index (Phi) is 5.67. The van der Waals surface area contributed by atoms with Crippen LogP contribution in [0, 0.1) is 0 Å². The fourth-order valence-electron chi connectivity index (χ4n) is 1.16. The second-order valence-electron chi connectivity index (χ2n) is 3.24. The molecule has 0 unspecified atom stereocenters. The number of carboxylic acids is 2. The second kappa shape index (κ2) is 6.00. The van der Waals surface area contributed by atoms with Crippen molar-refractivity contribution < 1.29 is 49.4 Å². The van der Waals surface area contributed by atoms with E-state index in [1.54, 1.807) is 30.3 Å². The number of hydrogen-bond acceptors (Lipinski definition) is 3. The Hall–Kier alpha value is -0.880. The van der Waals surface area contributed by atoms with Crippen LogP contribution in [0.25, 0.3) is 0 Å². The first-order valence-electron chi connectivity index (χ1n) is 4.26. The first-order chi connectivity index (χ1) is 6.97. The summed E-state index contributed by atoms with van der Waals surface area (Å²) < 4.78 is 0. The van der Waals surface area contributed by atoms with E-state index in [1.165, 1.54) is 0 Å². The topological polar surface area (TPSA) is 101 Å². The van der Waals surface area contributed by atoms with Crippen molar-refractivity contribution in [2.45, 2.75) is 12.0 Å². The molecule has 16 heavy (non-hydrogen) atoms. The van der Waals surface area contributed by atoms with E-state index < -0.39 is 17.5 Å². The molecule has 0 bridgehead atoms. The predicted octanol–water partition coefficient (Wildman–Crippen LogP) is -2.90. The Morgan fingerprint density at radius 2 is 1.56 bits per heavy atom. The second-order valence-corrected chi connectivity index (χ2v) is 3.24. The summed E-state index contributed by atoms with van der Waals surface area (Å²) in [5.41, 5.74) is 3.63. The zero-order valence-corrected chi connectivity index (χ0v) is 10.9. The normalized spacial score (nSPS) is 10.3. The Morgan fingerprint density at radius 3 is 1.94 bits per heavy atom. The average Bonchev–Trinajstić information content (AvgIpc) is 2.18. The van der Waals surface area contributed by atoms with Gasteiger partial charge in [-0.25, -0.2) is 9.59 Å². The quantitative estimate of drug-likeness (QED) is 0.382. The van der Waals surface area contributed by atoms with Crippen LogP contribution in [0.1, 0.15) is 5.56 Å². The van der Waals surface area contributed by atoms with Crippen molar-refractivity contribution in [2.24, 2.45) is 5.73 Å². The van der Waals surface area contributed by atoms with Gasteiger partial charge in [-0.2, -0.15) is 0 Å². The largest absolute Gasteiger partial charge is 1.00 e. The van der Waals surface area contributed by atoms with Crippen LogP contribution in [0.4, 0.5) is 0 Å². The summed E-state index contributed by atoms with van der Waals surface area (Å²) in [6.07, 6.45) is -0.238. The summed E-state index contributed by atoms with van der Waals surface area (Å²) in [6, 6.07) is 8.41. The Labute approximate surface area is 115 Å². The maximum Gasteiger partial charge on any atom is 1.00 e. The number of hydrogen-bond donors (Lipinski definition) is 3. The Bertz CT molecular complexity index is 366. The zero-order chi connectivity index (χ0) is 11.5. The van der Waals surface area contributed by atoms with Crippen molar-refractivity contribution in [2.75, 3.05) is 0 Å². The molecule has 1 rings (SSSR count). The molecular weight excluding hydrogens is 221 g/mol. The molecule has 6 heteroatoms. The van der Waals surface area contributed by atoms with Gasteiger partial charge in [0.25, 0.3) is 0 Å². The first-order valence-corrected chi connectivity index (χ1v) is 4.26. The molecule has 0 spiro atoms. The van der Waals surface area contributed by atoms with Crippen LogP contribution < -0.4 is 35.3 Å². The van der Waals surface area contributed by atoms with Crippen molar-refractivity contribution in [3.05, 3.63) is 35.9 Å². The number of aliphatic carboxylic acids is 2. The van der Waals surface area contributed by atoms with E-state index in [1.807, 2.05) is 0 Å². The fourth-order valence-corrected chi connectivity index (χ4v) is 1.16. The summed E-state index contributed by atoms with van der Waals surface area (Å²) in [7, 11) is 0. The van der Waals surface area contributed by atoms with Crippen molar-refractivity contribution >= 4 is 11.9 Å². The van der Waals surface area contributed by atoms with Crippen molar-refractivity contribution in [3.8, 4) is 0 Å². The Morgan fingerprint density at radius 1 is 1.12 bits per heavy atom. The van der Waals surface area contributed by atoms with Crippen molar-refractivity contribution in [3.63, 3.8) is 0 Å². The SMILES string of the molecule is NC(Cc1ccccc1)(C(=O)O)C(=O)O.[Na+]. The van der Waals surface area contributed by atoms with Gasteiger partial charge in [0.05, 0.1) is 0 Å². The summed E-state index contributed by atoms with van der Waals surface area (Å²) in [5, 5.41) is 17.5. The van der Waals surface area contributed by atoms with Gasteiger partial charge in [-0.15, -0.1) is 0 Å². The van der Waals surface area contributed by atoms with Crippen molar-refractivity contribution in [1.29, 1.82) is 0 Å². The number of rotatable bonds is 4. The summed E-state index contributed by atoms with van der Waals surface area (Å²) in [5.74, 6) is -3.09. The Balaban J connectivity index is 0.00000225. The number of benzene rings is 1. The molecule has 0 saturated carbocycles. The van der Waals surface area contributed by atoms with Gasteiger partial charge in [0, 0.05) is 6.42 Å². The summed E-state index contributed by atoms with van der Waals surface area (Å²) >= 11 is 0. The molecule has 0 radical (unpaired) electrons. The standard InChI is InChI=1S/C10H11NO4.Na/c11-10(8(12)13,9(14)15)6-7-4-2-1-3-5-7;/h1-5H,6,11H2,(H,12,13)(H,14,15);/q;+1. The molecule has 0 amide bonds. The van der Waals surface area contributed by atoms with Gasteiger partial charge in [0.15, 0.2) is 0 Å². The van der Waals surface area contributed by atoms with Gasteiger partial charge in [-0.1, -0.05) is 30.3 Å². The molecule has 0 aliphatic carbocycles. The van der Waals surface area contributed by atoms with Crippen molar-refractivity contribution in [1.82, 2.24) is 0 Å². The molecule has 0 fully saturated rings. The third-order valence-corrected chi connectivity index (χ3v) is 2.09. The third-order valence-electron chi connectivity index (χ3n) is 2.09. The maximum atomic E-state index is 10.8. The van der Waals surface area contributed by atoms with Crippen LogP contribution in [0.5, 0.6) is 0 Å². The van der Waals surface area contributed by atoms with Crippen LogP contribution in [-0.2, 0) is 16.0 Å². The molecule has 0 aliphatic rings. The molecule has 1 aromatic carbocycles. The zero-order valence-electron chi connectivity index (χ0n) is 8.88. The summed E-state index contributed by atoms with van der Waals surface area (Å²) in [6.45, 7) is 0. The average molecular weight is 232 g/mol. The van der Waals surface area contributed by atoms with E-state index in [0.717, 1.165) is 0 Å². The van der Waals surface area contributed by atoms with E-state index in [-0.39, 0.29) is 36.0 Å². The molecule has 0 heterocycles. The minimum absolute atomic E-state index is 0. The molecule has 0 atom stereocenters. The van der Waals surface area contributed by atoms with E-state index in [9.17, 15) is 9.59 Å². The first kappa shape index (κ1) is 15.1. The minimum Gasteiger partial charge on any atom is -0.479 e. The van der Waals surface area contributed by atoms with Crippen LogP contribution >= 0.6 is 0 Å². The molecule has 0 aliphatic heterocycles. The van der Waals surface area contributed by atoms with Gasteiger partial charge in [0.2, 0.25) is 5.54 Å². The fraction of sp³-hybridized carbons (Fsp3) is 0.200. The molecular formula is C10H11NNaO4+. The molecule has 1 aromatic rings.